The van der Waals surface area contributed by atoms with Gasteiger partial charge >= 0.3 is 12.1 Å². The van der Waals surface area contributed by atoms with Gasteiger partial charge in [-0.3, -0.25) is 4.79 Å². The van der Waals surface area contributed by atoms with Gasteiger partial charge in [-0.25, -0.2) is 4.39 Å². The molecule has 3 fully saturated rings. The summed E-state index contributed by atoms with van der Waals surface area (Å²) < 4.78 is 56.4. The van der Waals surface area contributed by atoms with Crippen molar-refractivity contribution in [1.29, 1.82) is 0 Å². The van der Waals surface area contributed by atoms with Crippen LogP contribution in [0.3, 0.4) is 0 Å². The monoisotopic (exact) mass is 446 g/mol. The number of allylic oxidation sites excluding steroid dienone is 2. The molecule has 31 heavy (non-hydrogen) atoms. The van der Waals surface area contributed by atoms with Crippen LogP contribution in [-0.2, 0) is 9.53 Å². The summed E-state index contributed by atoms with van der Waals surface area (Å²) in [6.07, 6.45) is 8.34. The molecule has 2 nitrogen and oxygen atoms in total. The van der Waals surface area contributed by atoms with Crippen LogP contribution >= 0.6 is 0 Å². The maximum Gasteiger partial charge on any atom is 0.412 e. The van der Waals surface area contributed by atoms with E-state index in [1.54, 1.807) is 0 Å². The van der Waals surface area contributed by atoms with Crippen LogP contribution in [0, 0.1) is 29.6 Å². The van der Waals surface area contributed by atoms with Crippen molar-refractivity contribution in [3.8, 4) is 0 Å². The lowest BCUT2D eigenvalue weighted by Crippen LogP contribution is -2.32. The predicted octanol–water partition coefficient (Wildman–Crippen LogP) is 7.92. The van der Waals surface area contributed by atoms with Crippen molar-refractivity contribution in [2.75, 3.05) is 0 Å². The number of hydrogen-bond acceptors (Lipinski definition) is 2. The van der Waals surface area contributed by atoms with E-state index >= 15 is 0 Å². The minimum Gasteiger partial charge on any atom is -0.462 e. The predicted molar refractivity (Wildman–Crippen MR) is 113 cm³/mol. The van der Waals surface area contributed by atoms with E-state index in [1.807, 2.05) is 0 Å². The first-order valence-corrected chi connectivity index (χ1v) is 12.4. The molecular weight excluding hydrogens is 408 g/mol. The number of ether oxygens (including phenoxy) is 1. The number of halogens is 4. The Morgan fingerprint density at radius 3 is 1.87 bits per heavy atom. The lowest BCUT2D eigenvalue weighted by molar-refractivity contribution is -0.157. The summed E-state index contributed by atoms with van der Waals surface area (Å²) in [5.74, 6) is 0.469. The van der Waals surface area contributed by atoms with E-state index in [0.29, 0.717) is 25.7 Å². The summed E-state index contributed by atoms with van der Waals surface area (Å²) in [5.41, 5.74) is 0. The van der Waals surface area contributed by atoms with Gasteiger partial charge < -0.3 is 4.74 Å². The zero-order valence-electron chi connectivity index (χ0n) is 18.8. The van der Waals surface area contributed by atoms with Gasteiger partial charge in [0.05, 0.1) is 12.0 Å². The van der Waals surface area contributed by atoms with Gasteiger partial charge in [0.1, 0.15) is 11.9 Å². The summed E-state index contributed by atoms with van der Waals surface area (Å²) in [7, 11) is 0. The first-order chi connectivity index (χ1) is 14.7. The first kappa shape index (κ1) is 24.6. The highest BCUT2D eigenvalue weighted by molar-refractivity contribution is 5.72. The summed E-state index contributed by atoms with van der Waals surface area (Å²) in [5, 5.41) is 0. The quantitative estimate of drug-likeness (QED) is 0.306. The molecule has 178 valence electrons. The van der Waals surface area contributed by atoms with E-state index in [4.69, 9.17) is 4.74 Å². The van der Waals surface area contributed by atoms with E-state index in [2.05, 4.69) is 6.92 Å². The summed E-state index contributed by atoms with van der Waals surface area (Å²) >= 11 is 0. The van der Waals surface area contributed by atoms with Crippen LogP contribution in [0.4, 0.5) is 17.6 Å². The smallest absolute Gasteiger partial charge is 0.412 e. The highest BCUT2D eigenvalue weighted by atomic mass is 19.4. The molecule has 0 atom stereocenters. The third kappa shape index (κ3) is 7.49. The van der Waals surface area contributed by atoms with Crippen molar-refractivity contribution in [2.24, 2.45) is 29.6 Å². The number of carbonyl (C=O) groups is 1. The van der Waals surface area contributed by atoms with Gasteiger partial charge in [-0.2, -0.15) is 13.2 Å². The minimum atomic E-state index is -4.62. The zero-order valence-corrected chi connectivity index (χ0v) is 18.8. The molecule has 3 rings (SSSR count). The molecule has 0 aromatic heterocycles. The van der Waals surface area contributed by atoms with Crippen LogP contribution < -0.4 is 0 Å². The number of hydrogen-bond donors (Lipinski definition) is 0. The molecule has 0 N–H and O–H groups in total. The van der Waals surface area contributed by atoms with Gasteiger partial charge in [0, 0.05) is 5.92 Å². The second-order valence-corrected chi connectivity index (χ2v) is 10.2. The Bertz CT molecular complexity index is 591. The molecule has 0 unspecified atom stereocenters. The van der Waals surface area contributed by atoms with Gasteiger partial charge in [-0.05, 0) is 82.0 Å². The Balaban J connectivity index is 1.36. The molecule has 0 saturated heterocycles. The maximum atomic E-state index is 13.7. The van der Waals surface area contributed by atoms with Gasteiger partial charge in [0.15, 0.2) is 0 Å². The Morgan fingerprint density at radius 2 is 1.35 bits per heavy atom. The van der Waals surface area contributed by atoms with E-state index in [9.17, 15) is 22.4 Å². The van der Waals surface area contributed by atoms with Crippen molar-refractivity contribution in [3.05, 3.63) is 11.9 Å². The zero-order chi connectivity index (χ0) is 22.4. The lowest BCUT2D eigenvalue weighted by atomic mass is 9.69. The fourth-order valence-electron chi connectivity index (χ4n) is 6.17. The average Bonchev–Trinajstić information content (AvgIpc) is 2.74. The topological polar surface area (TPSA) is 26.3 Å². The Hall–Kier alpha value is -1.07. The number of alkyl halides is 3. The Labute approximate surface area is 184 Å². The molecule has 0 radical (unpaired) electrons. The molecule has 3 aliphatic carbocycles. The van der Waals surface area contributed by atoms with Crippen LogP contribution in [0.5, 0.6) is 0 Å². The van der Waals surface area contributed by atoms with Gasteiger partial charge in [-0.1, -0.05) is 32.6 Å². The second kappa shape index (κ2) is 11.2. The maximum absolute atomic E-state index is 13.7. The minimum absolute atomic E-state index is 0.0488. The fourth-order valence-corrected chi connectivity index (χ4v) is 6.17. The van der Waals surface area contributed by atoms with Crippen molar-refractivity contribution < 1.29 is 27.1 Å². The standard InChI is InChI=1S/C25H38F4O2/c1-2-3-17-4-6-18(7-5-17)19-8-10-21(11-9-19)24(30)31-22-14-12-20(13-15-22)23(26)16-25(27,28)29/h16-22H,2-15H2,1H3/b23-16-. The van der Waals surface area contributed by atoms with E-state index in [-0.39, 0.29) is 24.1 Å². The van der Waals surface area contributed by atoms with E-state index in [1.165, 1.54) is 38.5 Å². The average molecular weight is 447 g/mol. The van der Waals surface area contributed by atoms with Gasteiger partial charge in [0.2, 0.25) is 0 Å². The first-order valence-electron chi connectivity index (χ1n) is 12.4. The van der Waals surface area contributed by atoms with Crippen molar-refractivity contribution in [2.45, 2.75) is 109 Å². The van der Waals surface area contributed by atoms with Crippen LogP contribution in [0.1, 0.15) is 96.8 Å². The van der Waals surface area contributed by atoms with Crippen molar-refractivity contribution in [3.63, 3.8) is 0 Å². The van der Waals surface area contributed by atoms with Crippen LogP contribution in [-0.4, -0.2) is 18.2 Å². The molecule has 3 saturated carbocycles. The summed E-state index contributed by atoms with van der Waals surface area (Å²) in [6.45, 7) is 2.27. The van der Waals surface area contributed by atoms with Gasteiger partial charge in [0.25, 0.3) is 0 Å². The normalized spacial score (nSPS) is 35.6. The number of rotatable bonds is 6. The van der Waals surface area contributed by atoms with Crippen LogP contribution in [0.15, 0.2) is 11.9 Å². The second-order valence-electron chi connectivity index (χ2n) is 10.2. The highest BCUT2D eigenvalue weighted by Crippen LogP contribution is 2.43. The molecule has 0 heterocycles. The van der Waals surface area contributed by atoms with Crippen LogP contribution in [0.2, 0.25) is 0 Å². The molecule has 6 heteroatoms. The summed E-state index contributed by atoms with van der Waals surface area (Å²) in [4.78, 5) is 12.6. The molecule has 0 aromatic carbocycles. The fraction of sp³-hybridized carbons (Fsp3) is 0.880. The highest BCUT2D eigenvalue weighted by Gasteiger charge is 2.35. The van der Waals surface area contributed by atoms with E-state index in [0.717, 1.165) is 43.4 Å². The molecule has 0 spiro atoms. The van der Waals surface area contributed by atoms with Gasteiger partial charge in [-0.15, -0.1) is 0 Å². The van der Waals surface area contributed by atoms with Crippen molar-refractivity contribution >= 4 is 5.97 Å². The number of carbonyl (C=O) groups excluding carboxylic acids is 1. The SMILES string of the molecule is CCCC1CCC(C2CCC(C(=O)OC3CCC(/C(F)=C/C(F)(F)F)CC3)CC2)CC1. The molecular formula is C25H38F4O2. The molecule has 0 bridgehead atoms. The third-order valence-electron chi connectivity index (χ3n) is 8.01. The number of esters is 1. The third-order valence-corrected chi connectivity index (χ3v) is 8.01. The molecule has 3 aliphatic rings. The van der Waals surface area contributed by atoms with E-state index < -0.39 is 17.9 Å². The molecule has 0 aliphatic heterocycles. The van der Waals surface area contributed by atoms with Crippen LogP contribution in [0.25, 0.3) is 0 Å². The molecule has 0 aromatic rings. The Kier molecular flexibility index (Phi) is 8.86. The van der Waals surface area contributed by atoms with Crippen molar-refractivity contribution in [1.82, 2.24) is 0 Å². The largest absolute Gasteiger partial charge is 0.462 e. The Morgan fingerprint density at radius 1 is 0.839 bits per heavy atom. The summed E-state index contributed by atoms with van der Waals surface area (Å²) in [6, 6.07) is 0. The lowest BCUT2D eigenvalue weighted by Gasteiger charge is -2.37. The molecule has 0 amide bonds.